The zero-order chi connectivity index (χ0) is 16.4. The third-order valence-corrected chi connectivity index (χ3v) is 3.83. The molecule has 0 saturated heterocycles. The van der Waals surface area contributed by atoms with Gasteiger partial charge >= 0.3 is 0 Å². The van der Waals surface area contributed by atoms with Gasteiger partial charge in [0.2, 0.25) is 5.91 Å². The van der Waals surface area contributed by atoms with Crippen LogP contribution in [-0.2, 0) is 9.59 Å². The highest BCUT2D eigenvalue weighted by Crippen LogP contribution is 2.29. The number of furan rings is 1. The zero-order valence-corrected chi connectivity index (χ0v) is 12.8. The Hall–Kier alpha value is -2.67. The van der Waals surface area contributed by atoms with Crippen molar-refractivity contribution in [2.45, 2.75) is 6.92 Å². The number of hydrogen-bond donors (Lipinski definition) is 1. The number of carbonyl (C=O) groups is 2. The van der Waals surface area contributed by atoms with Crippen LogP contribution in [0.1, 0.15) is 12.7 Å². The Morgan fingerprint density at radius 2 is 2.00 bits per heavy atom. The molecule has 2 aromatic rings. The third kappa shape index (κ3) is 3.57. The van der Waals surface area contributed by atoms with E-state index in [4.69, 9.17) is 4.42 Å². The molecule has 1 aromatic carbocycles. The molecule has 23 heavy (non-hydrogen) atoms. The number of carbonyl (C=O) groups excluding carboxylic acids is 2. The molecule has 0 fully saturated rings. The van der Waals surface area contributed by atoms with E-state index in [2.05, 4.69) is 10.3 Å². The smallest absolute Gasteiger partial charge is 0.286 e. The molecule has 0 radical (unpaired) electrons. The molecule has 7 heteroatoms. The van der Waals surface area contributed by atoms with Gasteiger partial charge in [0.1, 0.15) is 17.3 Å². The molecular formula is C16H11FN2O3S. The topological polar surface area (TPSA) is 71.7 Å². The molecule has 0 aliphatic carbocycles. The van der Waals surface area contributed by atoms with Crippen LogP contribution in [0.15, 0.2) is 50.7 Å². The molecule has 0 saturated carbocycles. The monoisotopic (exact) mass is 330 g/mol. The molecule has 116 valence electrons. The summed E-state index contributed by atoms with van der Waals surface area (Å²) in [4.78, 5) is 26.8. The van der Waals surface area contributed by atoms with Crippen LogP contribution >= 0.6 is 11.8 Å². The lowest BCUT2D eigenvalue weighted by Crippen LogP contribution is -2.23. The SMILES string of the molecule is CC(=O)NC1=NC(=O)/C(=C/c2ccc(-c3ccc(F)cc3)o2)S1. The first-order valence-corrected chi connectivity index (χ1v) is 7.49. The van der Waals surface area contributed by atoms with E-state index in [1.165, 1.54) is 19.1 Å². The van der Waals surface area contributed by atoms with E-state index in [1.54, 1.807) is 30.3 Å². The molecule has 5 nitrogen and oxygen atoms in total. The minimum absolute atomic E-state index is 0.249. The average molecular weight is 330 g/mol. The summed E-state index contributed by atoms with van der Waals surface area (Å²) in [5, 5.41) is 2.72. The lowest BCUT2D eigenvalue weighted by atomic mass is 10.2. The summed E-state index contributed by atoms with van der Waals surface area (Å²) >= 11 is 1.07. The summed E-state index contributed by atoms with van der Waals surface area (Å²) in [6, 6.07) is 9.35. The molecule has 1 aliphatic heterocycles. The standard InChI is InChI=1S/C16H11FN2O3S/c1-9(20)18-16-19-15(21)14(23-16)8-12-6-7-13(22-12)10-2-4-11(17)5-3-10/h2-8H,1H3,(H,18,19,20,21)/b14-8-. The quantitative estimate of drug-likeness (QED) is 0.859. The number of rotatable bonds is 2. The number of amidine groups is 1. The normalized spacial score (nSPS) is 15.8. The molecule has 0 spiro atoms. The van der Waals surface area contributed by atoms with Crippen molar-refractivity contribution in [2.75, 3.05) is 0 Å². The number of thioether (sulfide) groups is 1. The highest BCUT2D eigenvalue weighted by atomic mass is 32.2. The van der Waals surface area contributed by atoms with Crippen LogP contribution in [0.3, 0.4) is 0 Å². The highest BCUT2D eigenvalue weighted by molar-refractivity contribution is 8.18. The van der Waals surface area contributed by atoms with Gasteiger partial charge in [0, 0.05) is 18.6 Å². The second-order valence-corrected chi connectivity index (χ2v) is 5.75. The first-order valence-electron chi connectivity index (χ1n) is 6.67. The molecule has 1 aliphatic rings. The molecule has 1 aromatic heterocycles. The Labute approximate surface area is 135 Å². The van der Waals surface area contributed by atoms with Gasteiger partial charge in [-0.1, -0.05) is 0 Å². The van der Waals surface area contributed by atoms with E-state index < -0.39 is 5.91 Å². The molecular weight excluding hydrogens is 319 g/mol. The van der Waals surface area contributed by atoms with Crippen molar-refractivity contribution in [1.82, 2.24) is 5.32 Å². The Kier molecular flexibility index (Phi) is 4.12. The first kappa shape index (κ1) is 15.2. The Balaban J connectivity index is 1.78. The molecule has 0 atom stereocenters. The van der Waals surface area contributed by atoms with Crippen molar-refractivity contribution < 1.29 is 18.4 Å². The maximum absolute atomic E-state index is 12.9. The molecule has 2 heterocycles. The van der Waals surface area contributed by atoms with Crippen LogP contribution in [0.2, 0.25) is 0 Å². The fraction of sp³-hybridized carbons (Fsp3) is 0.0625. The van der Waals surface area contributed by atoms with Crippen molar-refractivity contribution >= 4 is 34.8 Å². The van der Waals surface area contributed by atoms with Gasteiger partial charge in [0.05, 0.1) is 4.91 Å². The first-order chi connectivity index (χ1) is 11.0. The summed E-state index contributed by atoms with van der Waals surface area (Å²) < 4.78 is 18.6. The summed E-state index contributed by atoms with van der Waals surface area (Å²) in [7, 11) is 0. The number of benzene rings is 1. The van der Waals surface area contributed by atoms with Gasteiger partial charge in [0.25, 0.3) is 5.91 Å². The summed E-state index contributed by atoms with van der Waals surface area (Å²) in [6.45, 7) is 1.34. The Morgan fingerprint density at radius 3 is 2.70 bits per heavy atom. The van der Waals surface area contributed by atoms with Crippen LogP contribution in [0.4, 0.5) is 4.39 Å². The maximum Gasteiger partial charge on any atom is 0.286 e. The number of nitrogens with one attached hydrogen (secondary N) is 1. The molecule has 0 unspecified atom stereocenters. The number of aliphatic imine (C=N–C) groups is 1. The van der Waals surface area contributed by atoms with E-state index in [9.17, 15) is 14.0 Å². The van der Waals surface area contributed by atoms with Crippen LogP contribution in [-0.4, -0.2) is 17.0 Å². The fourth-order valence-corrected chi connectivity index (χ4v) is 2.78. The fourth-order valence-electron chi connectivity index (χ4n) is 1.94. The van der Waals surface area contributed by atoms with Gasteiger partial charge in [-0.25, -0.2) is 4.39 Å². The van der Waals surface area contributed by atoms with Crippen molar-refractivity contribution in [1.29, 1.82) is 0 Å². The van der Waals surface area contributed by atoms with Crippen LogP contribution in [0.25, 0.3) is 17.4 Å². The van der Waals surface area contributed by atoms with E-state index >= 15 is 0 Å². The van der Waals surface area contributed by atoms with E-state index in [1.807, 2.05) is 0 Å². The lowest BCUT2D eigenvalue weighted by Gasteiger charge is -1.97. The summed E-state index contributed by atoms with van der Waals surface area (Å²) in [6.07, 6.45) is 1.55. The highest BCUT2D eigenvalue weighted by Gasteiger charge is 2.23. The second kappa shape index (κ2) is 6.21. The van der Waals surface area contributed by atoms with Gasteiger partial charge in [-0.2, -0.15) is 4.99 Å². The van der Waals surface area contributed by atoms with Crippen molar-refractivity contribution in [3.8, 4) is 11.3 Å². The van der Waals surface area contributed by atoms with Crippen molar-refractivity contribution in [2.24, 2.45) is 4.99 Å². The third-order valence-electron chi connectivity index (χ3n) is 2.93. The number of nitrogens with zero attached hydrogens (tertiary/aromatic N) is 1. The summed E-state index contributed by atoms with van der Waals surface area (Å²) in [5.41, 5.74) is 0.733. The van der Waals surface area contributed by atoms with Crippen molar-refractivity contribution in [3.05, 3.63) is 52.9 Å². The molecule has 2 amide bonds. The summed E-state index contributed by atoms with van der Waals surface area (Å²) in [5.74, 6) is -0.00613. The van der Waals surface area contributed by atoms with Crippen LogP contribution in [0.5, 0.6) is 0 Å². The number of amides is 2. The van der Waals surface area contributed by atoms with Gasteiger partial charge in [-0.3, -0.25) is 9.59 Å². The molecule has 0 bridgehead atoms. The lowest BCUT2D eigenvalue weighted by molar-refractivity contribution is -0.117. The van der Waals surface area contributed by atoms with Crippen LogP contribution in [0, 0.1) is 5.82 Å². The van der Waals surface area contributed by atoms with E-state index in [0.29, 0.717) is 16.4 Å². The maximum atomic E-state index is 12.9. The average Bonchev–Trinajstić information content (AvgIpc) is 3.07. The number of hydrogen-bond acceptors (Lipinski definition) is 4. The predicted octanol–water partition coefficient (Wildman–Crippen LogP) is 3.19. The van der Waals surface area contributed by atoms with Gasteiger partial charge in [0.15, 0.2) is 5.17 Å². The Bertz CT molecular complexity index is 837. The minimum Gasteiger partial charge on any atom is -0.457 e. The minimum atomic E-state index is -0.432. The second-order valence-electron chi connectivity index (χ2n) is 4.72. The van der Waals surface area contributed by atoms with E-state index in [-0.39, 0.29) is 16.9 Å². The van der Waals surface area contributed by atoms with Gasteiger partial charge in [-0.15, -0.1) is 0 Å². The van der Waals surface area contributed by atoms with Gasteiger partial charge in [-0.05, 0) is 48.2 Å². The van der Waals surface area contributed by atoms with E-state index in [0.717, 1.165) is 17.3 Å². The van der Waals surface area contributed by atoms with Crippen LogP contribution < -0.4 is 5.32 Å². The molecule has 1 N–H and O–H groups in total. The molecule has 3 rings (SSSR count). The Morgan fingerprint density at radius 1 is 1.26 bits per heavy atom. The van der Waals surface area contributed by atoms with Gasteiger partial charge < -0.3 is 9.73 Å². The largest absolute Gasteiger partial charge is 0.457 e. The predicted molar refractivity (Wildman–Crippen MR) is 85.9 cm³/mol. The van der Waals surface area contributed by atoms with Crippen molar-refractivity contribution in [3.63, 3.8) is 0 Å². The zero-order valence-electron chi connectivity index (χ0n) is 12.0. The number of halogens is 1.